The summed E-state index contributed by atoms with van der Waals surface area (Å²) in [5.74, 6) is -1.64. The predicted octanol–water partition coefficient (Wildman–Crippen LogP) is 1.40. The van der Waals surface area contributed by atoms with E-state index in [2.05, 4.69) is 5.32 Å². The molecule has 1 atom stereocenters. The average molecular weight is 342 g/mol. The van der Waals surface area contributed by atoms with Crippen molar-refractivity contribution in [2.45, 2.75) is 20.3 Å². The van der Waals surface area contributed by atoms with Crippen molar-refractivity contribution in [2.75, 3.05) is 23.7 Å². The van der Waals surface area contributed by atoms with E-state index in [4.69, 9.17) is 0 Å². The number of carbonyl (C=O) groups is 2. The first-order chi connectivity index (χ1) is 10.7. The smallest absolute Gasteiger partial charge is 0.302 e. The second-order valence-electron chi connectivity index (χ2n) is 5.64. The highest BCUT2D eigenvalue weighted by atomic mass is 32.3. The molecular weight excluding hydrogens is 323 g/mol. The van der Waals surface area contributed by atoms with E-state index in [9.17, 15) is 21.9 Å². The molecule has 2 rings (SSSR count). The fourth-order valence-corrected chi connectivity index (χ4v) is 3.56. The zero-order valence-corrected chi connectivity index (χ0v) is 13.8. The van der Waals surface area contributed by atoms with E-state index in [0.29, 0.717) is 17.8 Å². The molecule has 0 aliphatic carbocycles. The second-order valence-corrected chi connectivity index (χ2v) is 7.05. The van der Waals surface area contributed by atoms with Crippen LogP contribution in [0.3, 0.4) is 0 Å². The van der Waals surface area contributed by atoms with Gasteiger partial charge in [-0.05, 0) is 37.6 Å². The first kappa shape index (κ1) is 17.4. The van der Waals surface area contributed by atoms with Gasteiger partial charge in [-0.1, -0.05) is 0 Å². The van der Waals surface area contributed by atoms with Crippen molar-refractivity contribution in [3.8, 4) is 0 Å². The molecule has 1 saturated heterocycles. The van der Waals surface area contributed by atoms with Crippen molar-refractivity contribution in [3.63, 3.8) is 0 Å². The first-order valence-corrected chi connectivity index (χ1v) is 8.88. The Morgan fingerprint density at radius 1 is 1.43 bits per heavy atom. The Bertz CT molecular complexity index is 733. The van der Waals surface area contributed by atoms with Crippen LogP contribution < -0.4 is 10.2 Å². The molecule has 0 spiro atoms. The van der Waals surface area contributed by atoms with Gasteiger partial charge in [0.2, 0.25) is 5.91 Å². The molecular formula is C15H19FN2O4S. The van der Waals surface area contributed by atoms with Gasteiger partial charge in [-0.25, -0.2) is 0 Å². The molecule has 6 nitrogen and oxygen atoms in total. The van der Waals surface area contributed by atoms with Gasteiger partial charge in [0.15, 0.2) is 0 Å². The topological polar surface area (TPSA) is 83.6 Å². The molecule has 1 aliphatic heterocycles. The molecule has 0 bridgehead atoms. The number of hydrogen-bond donors (Lipinski definition) is 1. The first-order valence-electron chi connectivity index (χ1n) is 7.32. The van der Waals surface area contributed by atoms with Gasteiger partial charge in [0.1, 0.15) is 0 Å². The third kappa shape index (κ3) is 4.28. The lowest BCUT2D eigenvalue weighted by molar-refractivity contribution is -0.117. The molecule has 23 heavy (non-hydrogen) atoms. The SMILES string of the molecule is CCNC(=O)c1ccc(N2CC(CS(=O)(=O)F)CC2=O)c(C)c1. The minimum absolute atomic E-state index is 0.000657. The van der Waals surface area contributed by atoms with E-state index in [1.165, 1.54) is 4.90 Å². The van der Waals surface area contributed by atoms with Crippen LogP contribution >= 0.6 is 0 Å². The monoisotopic (exact) mass is 342 g/mol. The van der Waals surface area contributed by atoms with E-state index < -0.39 is 21.9 Å². The minimum atomic E-state index is -4.60. The number of nitrogens with zero attached hydrogens (tertiary/aromatic N) is 1. The number of amides is 2. The number of benzene rings is 1. The van der Waals surface area contributed by atoms with Crippen LogP contribution in [0.4, 0.5) is 9.57 Å². The number of rotatable bonds is 5. The summed E-state index contributed by atoms with van der Waals surface area (Å²) in [4.78, 5) is 25.3. The summed E-state index contributed by atoms with van der Waals surface area (Å²) in [6.45, 7) is 4.26. The van der Waals surface area contributed by atoms with Crippen molar-refractivity contribution in [3.05, 3.63) is 29.3 Å². The fourth-order valence-electron chi connectivity index (χ4n) is 2.77. The Labute approximate surface area is 134 Å². The van der Waals surface area contributed by atoms with Crippen molar-refractivity contribution >= 4 is 27.7 Å². The summed E-state index contributed by atoms with van der Waals surface area (Å²) >= 11 is 0. The van der Waals surface area contributed by atoms with Gasteiger partial charge in [-0.2, -0.15) is 8.42 Å². The summed E-state index contributed by atoms with van der Waals surface area (Å²) in [6, 6.07) is 4.94. The quantitative estimate of drug-likeness (QED) is 0.820. The van der Waals surface area contributed by atoms with E-state index in [0.717, 1.165) is 5.56 Å². The number of anilines is 1. The Hall–Kier alpha value is -1.96. The maximum atomic E-state index is 12.8. The van der Waals surface area contributed by atoms with Crippen LogP contribution in [0.5, 0.6) is 0 Å². The molecule has 0 saturated carbocycles. The highest BCUT2D eigenvalue weighted by molar-refractivity contribution is 7.86. The van der Waals surface area contributed by atoms with Crippen LogP contribution in [0, 0.1) is 12.8 Å². The van der Waals surface area contributed by atoms with Gasteiger partial charge < -0.3 is 10.2 Å². The highest BCUT2D eigenvalue weighted by Gasteiger charge is 2.34. The second kappa shape index (κ2) is 6.66. The molecule has 1 heterocycles. The van der Waals surface area contributed by atoms with E-state index >= 15 is 0 Å². The van der Waals surface area contributed by atoms with Gasteiger partial charge in [-0.3, -0.25) is 9.59 Å². The molecule has 1 fully saturated rings. The third-order valence-corrected chi connectivity index (χ3v) is 4.60. The molecule has 0 radical (unpaired) electrons. The van der Waals surface area contributed by atoms with Crippen LogP contribution in [-0.2, 0) is 15.0 Å². The molecule has 1 aromatic carbocycles. The largest absolute Gasteiger partial charge is 0.352 e. The molecule has 0 aromatic heterocycles. The molecule has 1 aliphatic rings. The maximum absolute atomic E-state index is 12.8. The number of carbonyl (C=O) groups excluding carboxylic acids is 2. The maximum Gasteiger partial charge on any atom is 0.302 e. The van der Waals surface area contributed by atoms with Crippen molar-refractivity contribution < 1.29 is 21.9 Å². The number of nitrogens with one attached hydrogen (secondary N) is 1. The van der Waals surface area contributed by atoms with Crippen LogP contribution in [0.1, 0.15) is 29.3 Å². The van der Waals surface area contributed by atoms with Crippen molar-refractivity contribution in [1.82, 2.24) is 5.32 Å². The van der Waals surface area contributed by atoms with Crippen LogP contribution in [-0.4, -0.2) is 39.1 Å². The van der Waals surface area contributed by atoms with Crippen molar-refractivity contribution in [2.24, 2.45) is 5.92 Å². The lowest BCUT2D eigenvalue weighted by Gasteiger charge is -2.19. The van der Waals surface area contributed by atoms with Crippen LogP contribution in [0.2, 0.25) is 0 Å². The van der Waals surface area contributed by atoms with Gasteiger partial charge in [-0.15, -0.1) is 3.89 Å². The summed E-state index contributed by atoms with van der Waals surface area (Å²) in [5, 5.41) is 2.69. The summed E-state index contributed by atoms with van der Waals surface area (Å²) < 4.78 is 34.3. The van der Waals surface area contributed by atoms with Crippen molar-refractivity contribution in [1.29, 1.82) is 0 Å². The molecule has 1 aromatic rings. The Kier molecular flexibility index (Phi) is 5.03. The summed E-state index contributed by atoms with van der Waals surface area (Å²) in [5.41, 5.74) is 1.83. The summed E-state index contributed by atoms with van der Waals surface area (Å²) in [6.07, 6.45) is 0.000657. The molecule has 2 amide bonds. The number of aryl methyl sites for hydroxylation is 1. The Balaban J connectivity index is 2.19. The van der Waals surface area contributed by atoms with E-state index in [1.54, 1.807) is 25.1 Å². The van der Waals surface area contributed by atoms with E-state index in [1.807, 2.05) is 6.92 Å². The predicted molar refractivity (Wildman–Crippen MR) is 84.5 cm³/mol. The average Bonchev–Trinajstić information content (AvgIpc) is 2.77. The van der Waals surface area contributed by atoms with Crippen LogP contribution in [0.15, 0.2) is 18.2 Å². The Morgan fingerprint density at radius 2 is 2.13 bits per heavy atom. The van der Waals surface area contributed by atoms with E-state index in [-0.39, 0.29) is 24.8 Å². The normalized spacial score (nSPS) is 18.3. The molecule has 8 heteroatoms. The fraction of sp³-hybridized carbons (Fsp3) is 0.467. The molecule has 126 valence electrons. The summed E-state index contributed by atoms with van der Waals surface area (Å²) in [7, 11) is -4.60. The zero-order chi connectivity index (χ0) is 17.2. The standard InChI is InChI=1S/C15H19FN2O4S/c1-3-17-15(20)12-4-5-13(10(2)6-12)18-8-11(7-14(18)19)9-23(16,21)22/h4-6,11H,3,7-9H2,1-2H3,(H,17,20). The highest BCUT2D eigenvalue weighted by Crippen LogP contribution is 2.29. The molecule has 1 unspecified atom stereocenters. The van der Waals surface area contributed by atoms with Gasteiger partial charge >= 0.3 is 10.2 Å². The Morgan fingerprint density at radius 3 is 2.70 bits per heavy atom. The molecule has 1 N–H and O–H groups in total. The van der Waals surface area contributed by atoms with Gasteiger partial charge in [0.25, 0.3) is 5.91 Å². The number of hydrogen-bond acceptors (Lipinski definition) is 4. The lowest BCUT2D eigenvalue weighted by Crippen LogP contribution is -2.27. The van der Waals surface area contributed by atoms with Gasteiger partial charge in [0.05, 0.1) is 5.75 Å². The number of halogens is 1. The van der Waals surface area contributed by atoms with Gasteiger partial charge in [0, 0.05) is 36.7 Å². The minimum Gasteiger partial charge on any atom is -0.352 e. The lowest BCUT2D eigenvalue weighted by atomic mass is 10.1. The zero-order valence-electron chi connectivity index (χ0n) is 13.0. The van der Waals surface area contributed by atoms with Crippen LogP contribution in [0.25, 0.3) is 0 Å². The third-order valence-electron chi connectivity index (χ3n) is 3.73.